The highest BCUT2D eigenvalue weighted by molar-refractivity contribution is 5.87. The van der Waals surface area contributed by atoms with Gasteiger partial charge < -0.3 is 14.8 Å². The summed E-state index contributed by atoms with van der Waals surface area (Å²) in [5.74, 6) is 1.16. The first-order valence-corrected chi connectivity index (χ1v) is 8.17. The Balaban J connectivity index is 1.59. The molecule has 22 heavy (non-hydrogen) atoms. The molecular weight excluding hydrogens is 280 g/mol. The van der Waals surface area contributed by atoms with Crippen molar-refractivity contribution < 1.29 is 9.59 Å². The zero-order chi connectivity index (χ0) is 15.7. The molecule has 0 bridgehead atoms. The minimum absolute atomic E-state index is 0.0412. The molecule has 0 unspecified atom stereocenters. The summed E-state index contributed by atoms with van der Waals surface area (Å²) in [5, 5.41) is 3.11. The number of carbonyl (C=O) groups is 2. The van der Waals surface area contributed by atoms with Crippen molar-refractivity contribution >= 4 is 11.8 Å². The monoisotopic (exact) mass is 304 g/mol. The Hall–Kier alpha value is -1.85. The van der Waals surface area contributed by atoms with Gasteiger partial charge in [0.25, 0.3) is 0 Å². The van der Waals surface area contributed by atoms with Crippen LogP contribution in [0.4, 0.5) is 0 Å². The molecule has 6 heteroatoms. The summed E-state index contributed by atoms with van der Waals surface area (Å²) in [5.41, 5.74) is 1.02. The number of hydrogen-bond donors (Lipinski definition) is 1. The first-order valence-electron chi connectivity index (χ1n) is 8.17. The summed E-state index contributed by atoms with van der Waals surface area (Å²) in [4.78, 5) is 30.6. The van der Waals surface area contributed by atoms with E-state index in [1.165, 1.54) is 0 Å². The molecule has 3 heterocycles. The van der Waals surface area contributed by atoms with Crippen molar-refractivity contribution in [3.63, 3.8) is 0 Å². The fourth-order valence-electron chi connectivity index (χ4n) is 3.40. The van der Waals surface area contributed by atoms with Crippen LogP contribution in [0, 0.1) is 6.92 Å². The smallest absolute Gasteiger partial charge is 0.242 e. The number of aromatic nitrogens is 2. The van der Waals surface area contributed by atoms with E-state index in [1.54, 1.807) is 4.90 Å². The molecule has 2 aliphatic rings. The van der Waals surface area contributed by atoms with Gasteiger partial charge in [-0.3, -0.25) is 9.59 Å². The maximum atomic E-state index is 12.4. The third kappa shape index (κ3) is 3.00. The Bertz CT molecular complexity index is 581. The van der Waals surface area contributed by atoms with Gasteiger partial charge in [-0.05, 0) is 33.1 Å². The van der Waals surface area contributed by atoms with Crippen molar-refractivity contribution in [1.82, 2.24) is 19.8 Å². The van der Waals surface area contributed by atoms with Crippen LogP contribution in [0.2, 0.25) is 0 Å². The second-order valence-electron chi connectivity index (χ2n) is 6.42. The predicted octanol–water partition coefficient (Wildman–Crippen LogP) is 1.02. The number of piperidine rings is 1. The molecule has 1 N–H and O–H groups in total. The maximum absolute atomic E-state index is 12.4. The molecule has 1 saturated heterocycles. The molecule has 3 rings (SSSR count). The number of aryl methyl sites for hydroxylation is 2. The lowest BCUT2D eigenvalue weighted by Gasteiger charge is -2.33. The largest absolute Gasteiger partial charge is 0.350 e. The number of fused-ring (bicyclic) bond motifs is 1. The van der Waals surface area contributed by atoms with Gasteiger partial charge in [0.1, 0.15) is 11.9 Å². The van der Waals surface area contributed by atoms with Crippen LogP contribution in [0.15, 0.2) is 6.20 Å². The summed E-state index contributed by atoms with van der Waals surface area (Å²) >= 11 is 0. The molecule has 0 radical (unpaired) electrons. The summed E-state index contributed by atoms with van der Waals surface area (Å²) in [7, 11) is 0. The maximum Gasteiger partial charge on any atom is 0.242 e. The van der Waals surface area contributed by atoms with E-state index < -0.39 is 0 Å². The normalized spacial score (nSPS) is 23.1. The average molecular weight is 304 g/mol. The average Bonchev–Trinajstić information content (AvgIpc) is 2.86. The molecule has 2 aliphatic heterocycles. The number of amides is 2. The van der Waals surface area contributed by atoms with Gasteiger partial charge >= 0.3 is 0 Å². The molecule has 120 valence electrons. The number of likely N-dealkylation sites (tertiary alicyclic amines) is 1. The zero-order valence-corrected chi connectivity index (χ0v) is 13.3. The third-order valence-corrected chi connectivity index (χ3v) is 4.67. The Kier molecular flexibility index (Phi) is 4.18. The van der Waals surface area contributed by atoms with Gasteiger partial charge in [-0.2, -0.15) is 0 Å². The SMILES string of the molecule is Cc1cn2c(n1)CC[C@H](NC(=O)[C@H](C)N1CCCCC1=O)C2. The lowest BCUT2D eigenvalue weighted by molar-refractivity contribution is -0.142. The second-order valence-corrected chi connectivity index (χ2v) is 6.42. The van der Waals surface area contributed by atoms with Crippen molar-refractivity contribution in [1.29, 1.82) is 0 Å². The quantitative estimate of drug-likeness (QED) is 0.907. The van der Waals surface area contributed by atoms with E-state index in [9.17, 15) is 9.59 Å². The molecule has 0 saturated carbocycles. The minimum Gasteiger partial charge on any atom is -0.350 e. The molecule has 1 fully saturated rings. The van der Waals surface area contributed by atoms with Crippen molar-refractivity contribution in [2.75, 3.05) is 6.54 Å². The fraction of sp³-hybridized carbons (Fsp3) is 0.688. The predicted molar refractivity (Wildman–Crippen MR) is 82.2 cm³/mol. The highest BCUT2D eigenvalue weighted by Crippen LogP contribution is 2.17. The highest BCUT2D eigenvalue weighted by atomic mass is 16.2. The van der Waals surface area contributed by atoms with Gasteiger partial charge in [-0.1, -0.05) is 0 Å². The van der Waals surface area contributed by atoms with E-state index in [2.05, 4.69) is 14.9 Å². The molecule has 6 nitrogen and oxygen atoms in total. The molecule has 0 spiro atoms. The molecule has 0 aliphatic carbocycles. The van der Waals surface area contributed by atoms with E-state index in [1.807, 2.05) is 20.0 Å². The topological polar surface area (TPSA) is 67.2 Å². The fourth-order valence-corrected chi connectivity index (χ4v) is 3.40. The lowest BCUT2D eigenvalue weighted by Crippen LogP contribution is -2.52. The van der Waals surface area contributed by atoms with Gasteiger partial charge in [-0.15, -0.1) is 0 Å². The number of imidazole rings is 1. The van der Waals surface area contributed by atoms with Gasteiger partial charge in [0.2, 0.25) is 11.8 Å². The zero-order valence-electron chi connectivity index (χ0n) is 13.3. The van der Waals surface area contributed by atoms with Crippen LogP contribution in [0.5, 0.6) is 0 Å². The Morgan fingerprint density at radius 1 is 1.41 bits per heavy atom. The molecule has 2 atom stereocenters. The van der Waals surface area contributed by atoms with Crippen molar-refractivity contribution in [2.24, 2.45) is 0 Å². The van der Waals surface area contributed by atoms with Crippen LogP contribution < -0.4 is 5.32 Å². The molecule has 0 aromatic carbocycles. The van der Waals surface area contributed by atoms with E-state index in [0.717, 1.165) is 43.7 Å². The first kappa shape index (κ1) is 15.1. The Morgan fingerprint density at radius 3 is 3.00 bits per heavy atom. The van der Waals surface area contributed by atoms with Gasteiger partial charge in [-0.25, -0.2) is 4.98 Å². The number of rotatable bonds is 3. The van der Waals surface area contributed by atoms with Crippen LogP contribution in [0.25, 0.3) is 0 Å². The van der Waals surface area contributed by atoms with Crippen molar-refractivity contribution in [3.05, 3.63) is 17.7 Å². The number of carbonyl (C=O) groups excluding carboxylic acids is 2. The van der Waals surface area contributed by atoms with Crippen molar-refractivity contribution in [3.8, 4) is 0 Å². The van der Waals surface area contributed by atoms with E-state index >= 15 is 0 Å². The minimum atomic E-state index is -0.376. The summed E-state index contributed by atoms with van der Waals surface area (Å²) < 4.78 is 2.13. The van der Waals surface area contributed by atoms with Gasteiger partial charge in [0.15, 0.2) is 0 Å². The molecule has 2 amide bonds. The van der Waals surface area contributed by atoms with Crippen LogP contribution in [0.3, 0.4) is 0 Å². The molecule has 1 aromatic rings. The number of nitrogens with one attached hydrogen (secondary N) is 1. The molecule has 1 aromatic heterocycles. The third-order valence-electron chi connectivity index (χ3n) is 4.67. The van der Waals surface area contributed by atoms with Crippen LogP contribution in [-0.2, 0) is 22.6 Å². The van der Waals surface area contributed by atoms with E-state index in [4.69, 9.17) is 0 Å². The van der Waals surface area contributed by atoms with Gasteiger partial charge in [0, 0.05) is 38.2 Å². The van der Waals surface area contributed by atoms with Crippen LogP contribution in [-0.4, -0.2) is 44.9 Å². The Labute approximate surface area is 130 Å². The van der Waals surface area contributed by atoms with Crippen LogP contribution in [0.1, 0.15) is 44.1 Å². The summed E-state index contributed by atoms with van der Waals surface area (Å²) in [6.45, 7) is 5.28. The van der Waals surface area contributed by atoms with Crippen molar-refractivity contribution in [2.45, 2.75) is 64.6 Å². The summed E-state index contributed by atoms with van der Waals surface area (Å²) in [6, 6.07) is -0.255. The lowest BCUT2D eigenvalue weighted by atomic mass is 10.1. The number of hydrogen-bond acceptors (Lipinski definition) is 3. The van der Waals surface area contributed by atoms with Gasteiger partial charge in [0.05, 0.1) is 5.69 Å². The van der Waals surface area contributed by atoms with E-state index in [0.29, 0.717) is 13.0 Å². The second kappa shape index (κ2) is 6.10. The standard InChI is InChI=1S/C16H24N4O2/c1-11-9-19-10-13(6-7-14(19)17-11)18-16(22)12(2)20-8-4-3-5-15(20)21/h9,12-13H,3-8,10H2,1-2H3,(H,18,22)/t12-,13-/m0/s1. The van der Waals surface area contributed by atoms with E-state index in [-0.39, 0.29) is 23.9 Å². The molecular formula is C16H24N4O2. The summed E-state index contributed by atoms with van der Waals surface area (Å²) in [6.07, 6.45) is 6.32. The Morgan fingerprint density at radius 2 is 2.23 bits per heavy atom. The highest BCUT2D eigenvalue weighted by Gasteiger charge is 2.29. The number of nitrogens with zero attached hydrogens (tertiary/aromatic N) is 3. The first-order chi connectivity index (χ1) is 10.5. The van der Waals surface area contributed by atoms with Crippen LogP contribution >= 0.6 is 0 Å².